The van der Waals surface area contributed by atoms with E-state index in [2.05, 4.69) is 10.6 Å². The third-order valence-corrected chi connectivity index (χ3v) is 3.92. The molecule has 1 fully saturated rings. The van der Waals surface area contributed by atoms with Gasteiger partial charge in [-0.25, -0.2) is 0 Å². The van der Waals surface area contributed by atoms with Crippen LogP contribution in [0.25, 0.3) is 0 Å². The molecule has 0 spiro atoms. The average molecular weight is 261 g/mol. The number of nitrogens with one attached hydrogen (secondary N) is 2. The molecule has 0 bridgehead atoms. The Bertz CT molecular complexity index is 433. The van der Waals surface area contributed by atoms with Crippen molar-refractivity contribution in [1.82, 2.24) is 5.32 Å². The second-order valence-corrected chi connectivity index (χ2v) is 5.19. The topological polar surface area (TPSA) is 67.2 Å². The molecular formula is C15H23N3O. The second-order valence-electron chi connectivity index (χ2n) is 5.19. The number of anilines is 1. The molecule has 4 heteroatoms. The Morgan fingerprint density at radius 2 is 2.16 bits per heavy atom. The summed E-state index contributed by atoms with van der Waals surface area (Å²) in [7, 11) is 1.65. The van der Waals surface area contributed by atoms with Gasteiger partial charge in [0.15, 0.2) is 0 Å². The average Bonchev–Trinajstić information content (AvgIpc) is 2.47. The standard InChI is InChI=1S/C15H23N3O/c1-17-15(19)11-6-4-7-13(9-11)18-14-8-3-2-5-12(14)10-16/h4,6-7,9,12,14,18H,2-3,5,8,10,16H2,1H3,(H,17,19). The first-order chi connectivity index (χ1) is 9.24. The van der Waals surface area contributed by atoms with Crippen LogP contribution in [-0.4, -0.2) is 25.5 Å². The summed E-state index contributed by atoms with van der Waals surface area (Å²) in [4.78, 5) is 11.6. The molecule has 104 valence electrons. The van der Waals surface area contributed by atoms with Crippen LogP contribution in [0.2, 0.25) is 0 Å². The van der Waals surface area contributed by atoms with Crippen LogP contribution in [-0.2, 0) is 0 Å². The zero-order valence-corrected chi connectivity index (χ0v) is 11.5. The molecule has 4 nitrogen and oxygen atoms in total. The first kappa shape index (κ1) is 13.9. The molecule has 2 atom stereocenters. The Labute approximate surface area is 114 Å². The number of carbonyl (C=O) groups excluding carboxylic acids is 1. The lowest BCUT2D eigenvalue weighted by atomic mass is 9.84. The van der Waals surface area contributed by atoms with Crippen molar-refractivity contribution in [2.75, 3.05) is 18.9 Å². The summed E-state index contributed by atoms with van der Waals surface area (Å²) in [6.45, 7) is 0.729. The number of benzene rings is 1. The predicted octanol–water partition coefficient (Wildman–Crippen LogP) is 1.98. The summed E-state index contributed by atoms with van der Waals surface area (Å²) in [5.74, 6) is 0.486. The van der Waals surface area contributed by atoms with Gasteiger partial charge in [-0.1, -0.05) is 18.9 Å². The monoisotopic (exact) mass is 261 g/mol. The SMILES string of the molecule is CNC(=O)c1cccc(NC2CCCCC2CN)c1. The first-order valence-electron chi connectivity index (χ1n) is 7.03. The molecule has 0 aliphatic heterocycles. The van der Waals surface area contributed by atoms with Gasteiger partial charge in [0.05, 0.1) is 0 Å². The van der Waals surface area contributed by atoms with E-state index in [9.17, 15) is 4.79 Å². The molecule has 2 rings (SSSR count). The number of hydrogen-bond acceptors (Lipinski definition) is 3. The van der Waals surface area contributed by atoms with Crippen molar-refractivity contribution in [3.05, 3.63) is 29.8 Å². The van der Waals surface area contributed by atoms with E-state index in [4.69, 9.17) is 5.73 Å². The van der Waals surface area contributed by atoms with Gasteiger partial charge in [-0.05, 0) is 43.5 Å². The lowest BCUT2D eigenvalue weighted by Crippen LogP contribution is -2.36. The van der Waals surface area contributed by atoms with Crippen LogP contribution in [0.4, 0.5) is 5.69 Å². The summed E-state index contributed by atoms with van der Waals surface area (Å²) < 4.78 is 0. The molecule has 2 unspecified atom stereocenters. The van der Waals surface area contributed by atoms with Crippen LogP contribution in [0.1, 0.15) is 36.0 Å². The lowest BCUT2D eigenvalue weighted by molar-refractivity contribution is 0.0963. The van der Waals surface area contributed by atoms with Crippen molar-refractivity contribution in [3.8, 4) is 0 Å². The smallest absolute Gasteiger partial charge is 0.251 e. The Kier molecular flexibility index (Phi) is 4.80. The van der Waals surface area contributed by atoms with E-state index in [-0.39, 0.29) is 5.91 Å². The lowest BCUT2D eigenvalue weighted by Gasteiger charge is -2.32. The predicted molar refractivity (Wildman–Crippen MR) is 78.3 cm³/mol. The van der Waals surface area contributed by atoms with Gasteiger partial charge >= 0.3 is 0 Å². The largest absolute Gasteiger partial charge is 0.382 e. The first-order valence-corrected chi connectivity index (χ1v) is 7.03. The molecule has 1 aliphatic carbocycles. The van der Waals surface area contributed by atoms with E-state index in [0.29, 0.717) is 17.5 Å². The molecule has 1 saturated carbocycles. The molecule has 0 aromatic heterocycles. The fraction of sp³-hybridized carbons (Fsp3) is 0.533. The zero-order chi connectivity index (χ0) is 13.7. The summed E-state index contributed by atoms with van der Waals surface area (Å²) in [5, 5.41) is 6.19. The molecule has 1 aromatic rings. The second kappa shape index (κ2) is 6.57. The van der Waals surface area contributed by atoms with E-state index >= 15 is 0 Å². The van der Waals surface area contributed by atoms with Gasteiger partial charge in [0.2, 0.25) is 0 Å². The number of carbonyl (C=O) groups is 1. The van der Waals surface area contributed by atoms with E-state index in [1.54, 1.807) is 7.05 Å². The van der Waals surface area contributed by atoms with Crippen molar-refractivity contribution >= 4 is 11.6 Å². The number of rotatable bonds is 4. The van der Waals surface area contributed by atoms with Gasteiger partial charge in [-0.15, -0.1) is 0 Å². The fourth-order valence-corrected chi connectivity index (χ4v) is 2.79. The molecular weight excluding hydrogens is 238 g/mol. The van der Waals surface area contributed by atoms with Gasteiger partial charge in [0, 0.05) is 24.3 Å². The van der Waals surface area contributed by atoms with Crippen molar-refractivity contribution in [2.24, 2.45) is 11.7 Å². The van der Waals surface area contributed by atoms with Gasteiger partial charge < -0.3 is 16.4 Å². The Hall–Kier alpha value is -1.55. The van der Waals surface area contributed by atoms with Crippen molar-refractivity contribution in [2.45, 2.75) is 31.7 Å². The normalized spacial score (nSPS) is 22.8. The van der Waals surface area contributed by atoms with Crippen molar-refractivity contribution < 1.29 is 4.79 Å². The minimum atomic E-state index is -0.0531. The molecule has 0 radical (unpaired) electrons. The highest BCUT2D eigenvalue weighted by atomic mass is 16.1. The summed E-state index contributed by atoms with van der Waals surface area (Å²) in [6, 6.07) is 8.08. The highest BCUT2D eigenvalue weighted by molar-refractivity contribution is 5.94. The molecule has 0 saturated heterocycles. The van der Waals surface area contributed by atoms with E-state index in [1.807, 2.05) is 24.3 Å². The molecule has 1 aliphatic rings. The summed E-state index contributed by atoms with van der Waals surface area (Å²) in [6.07, 6.45) is 4.89. The van der Waals surface area contributed by atoms with Gasteiger partial charge in [0.1, 0.15) is 0 Å². The maximum atomic E-state index is 11.6. The Morgan fingerprint density at radius 1 is 1.37 bits per heavy atom. The molecule has 19 heavy (non-hydrogen) atoms. The highest BCUT2D eigenvalue weighted by Gasteiger charge is 2.23. The number of hydrogen-bond donors (Lipinski definition) is 3. The van der Waals surface area contributed by atoms with Crippen LogP contribution in [0.15, 0.2) is 24.3 Å². The van der Waals surface area contributed by atoms with Gasteiger partial charge in [-0.3, -0.25) is 4.79 Å². The van der Waals surface area contributed by atoms with Crippen LogP contribution in [0.3, 0.4) is 0 Å². The summed E-state index contributed by atoms with van der Waals surface area (Å²) >= 11 is 0. The van der Waals surface area contributed by atoms with E-state index in [0.717, 1.165) is 18.7 Å². The van der Waals surface area contributed by atoms with Crippen molar-refractivity contribution in [3.63, 3.8) is 0 Å². The quantitative estimate of drug-likeness (QED) is 0.776. The third kappa shape index (κ3) is 3.47. The van der Waals surface area contributed by atoms with E-state index < -0.39 is 0 Å². The minimum absolute atomic E-state index is 0.0531. The van der Waals surface area contributed by atoms with Gasteiger partial charge in [-0.2, -0.15) is 0 Å². The summed E-state index contributed by atoms with van der Waals surface area (Å²) in [5.41, 5.74) is 7.54. The van der Waals surface area contributed by atoms with Crippen LogP contribution < -0.4 is 16.4 Å². The maximum Gasteiger partial charge on any atom is 0.251 e. The van der Waals surface area contributed by atoms with E-state index in [1.165, 1.54) is 19.3 Å². The highest BCUT2D eigenvalue weighted by Crippen LogP contribution is 2.26. The maximum absolute atomic E-state index is 11.6. The zero-order valence-electron chi connectivity index (χ0n) is 11.5. The Balaban J connectivity index is 2.07. The third-order valence-electron chi connectivity index (χ3n) is 3.92. The molecule has 4 N–H and O–H groups in total. The molecule has 1 aromatic carbocycles. The van der Waals surface area contributed by atoms with Crippen LogP contribution >= 0.6 is 0 Å². The molecule has 1 amide bonds. The van der Waals surface area contributed by atoms with Gasteiger partial charge in [0.25, 0.3) is 5.91 Å². The van der Waals surface area contributed by atoms with Crippen LogP contribution in [0.5, 0.6) is 0 Å². The Morgan fingerprint density at radius 3 is 2.89 bits per heavy atom. The number of amides is 1. The fourth-order valence-electron chi connectivity index (χ4n) is 2.79. The van der Waals surface area contributed by atoms with Crippen LogP contribution in [0, 0.1) is 5.92 Å². The minimum Gasteiger partial charge on any atom is -0.382 e. The number of nitrogens with two attached hydrogens (primary N) is 1. The molecule has 0 heterocycles. The van der Waals surface area contributed by atoms with Crippen molar-refractivity contribution in [1.29, 1.82) is 0 Å².